The molecule has 0 bridgehead atoms. The molecule has 4 rings (SSSR count). The van der Waals surface area contributed by atoms with E-state index in [0.29, 0.717) is 12.5 Å². The molecule has 0 saturated carbocycles. The molecule has 9 heteroatoms. The van der Waals surface area contributed by atoms with Gasteiger partial charge in [-0.05, 0) is 44.3 Å². The van der Waals surface area contributed by atoms with Crippen molar-refractivity contribution in [2.24, 2.45) is 27.1 Å². The number of benzene rings is 1. The second-order valence-corrected chi connectivity index (χ2v) is 9.28. The zero-order valence-electron chi connectivity index (χ0n) is 20.1. The van der Waals surface area contributed by atoms with Gasteiger partial charge in [0.2, 0.25) is 0 Å². The highest BCUT2D eigenvalue weighted by Gasteiger charge is 2.23. The Balaban J connectivity index is 1.47. The summed E-state index contributed by atoms with van der Waals surface area (Å²) in [5.74, 6) is -0.150. The third-order valence-corrected chi connectivity index (χ3v) is 6.81. The second-order valence-electron chi connectivity index (χ2n) is 9.28. The Morgan fingerprint density at radius 2 is 1.71 bits per heavy atom. The maximum Gasteiger partial charge on any atom is 0.332 e. The van der Waals surface area contributed by atoms with Gasteiger partial charge in [0, 0.05) is 40.3 Å². The third kappa shape index (κ3) is 4.48. The topological polar surface area (TPSA) is 98.3 Å². The fraction of sp³-hybridized carbons (Fsp3) is 0.440. The molecule has 1 saturated heterocycles. The summed E-state index contributed by atoms with van der Waals surface area (Å²) in [7, 11) is 4.33. The molecule has 1 N–H and O–H groups in total. The van der Waals surface area contributed by atoms with Crippen LogP contribution in [-0.2, 0) is 27.7 Å². The molecule has 1 aliphatic heterocycles. The molecule has 1 fully saturated rings. The van der Waals surface area contributed by atoms with Crippen LogP contribution < -0.4 is 22.1 Å². The van der Waals surface area contributed by atoms with Crippen LogP contribution in [0.5, 0.6) is 0 Å². The first-order valence-electron chi connectivity index (χ1n) is 11.5. The molecular weight excluding hydrogens is 434 g/mol. The van der Waals surface area contributed by atoms with E-state index in [1.54, 1.807) is 0 Å². The van der Waals surface area contributed by atoms with E-state index in [1.165, 1.54) is 47.5 Å². The number of fused-ring (bicyclic) bond motifs is 1. The van der Waals surface area contributed by atoms with Crippen LogP contribution in [0.1, 0.15) is 34.3 Å². The molecular formula is C25H31N5O4. The van der Waals surface area contributed by atoms with Crippen LogP contribution in [0.15, 0.2) is 44.7 Å². The summed E-state index contributed by atoms with van der Waals surface area (Å²) < 4.78 is 3.39. The van der Waals surface area contributed by atoms with Gasteiger partial charge in [0.15, 0.2) is 0 Å². The first-order valence-corrected chi connectivity index (χ1v) is 11.5. The third-order valence-electron chi connectivity index (χ3n) is 6.81. The molecule has 0 atom stereocenters. The number of aryl methyl sites for hydroxylation is 3. The van der Waals surface area contributed by atoms with Gasteiger partial charge in [-0.1, -0.05) is 29.8 Å². The Morgan fingerprint density at radius 1 is 1.00 bits per heavy atom. The van der Waals surface area contributed by atoms with Gasteiger partial charge in [0.25, 0.3) is 17.0 Å². The number of amides is 1. The van der Waals surface area contributed by atoms with Crippen molar-refractivity contribution in [3.8, 4) is 0 Å². The number of nitrogens with one attached hydrogen (secondary N) is 1. The number of carbonyl (C=O) groups excluding carboxylic acids is 1. The lowest BCUT2D eigenvalue weighted by molar-refractivity contribution is 0.0936. The fourth-order valence-electron chi connectivity index (χ4n) is 4.79. The summed E-state index contributed by atoms with van der Waals surface area (Å²) in [5, 5.41) is 2.99. The van der Waals surface area contributed by atoms with Crippen LogP contribution in [0.4, 0.5) is 0 Å². The molecule has 1 amide bonds. The molecule has 1 aliphatic rings. The van der Waals surface area contributed by atoms with Crippen molar-refractivity contribution in [3.63, 3.8) is 0 Å². The van der Waals surface area contributed by atoms with Crippen molar-refractivity contribution in [2.75, 3.05) is 19.6 Å². The molecule has 3 heterocycles. The van der Waals surface area contributed by atoms with Gasteiger partial charge in [-0.25, -0.2) is 4.79 Å². The standard InChI is InChI=1S/C25H31N5O4/c1-16-6-5-7-18(12-16)15-30-10-8-17(9-11-30)14-26-22(32)19-13-20(31)27(2)23-21(19)24(33)29(4)25(34)28(23)3/h5-7,12-13,17H,8-11,14-15H2,1-4H3,(H,26,32). The number of nitrogens with zero attached hydrogens (tertiary/aromatic N) is 4. The van der Waals surface area contributed by atoms with Gasteiger partial charge in [-0.15, -0.1) is 0 Å². The van der Waals surface area contributed by atoms with Crippen LogP contribution >= 0.6 is 0 Å². The lowest BCUT2D eigenvalue weighted by atomic mass is 9.96. The largest absolute Gasteiger partial charge is 0.352 e. The first kappa shape index (κ1) is 23.7. The Kier molecular flexibility index (Phi) is 6.56. The minimum Gasteiger partial charge on any atom is -0.352 e. The normalized spacial score (nSPS) is 15.1. The van der Waals surface area contributed by atoms with Gasteiger partial charge < -0.3 is 5.32 Å². The van der Waals surface area contributed by atoms with Gasteiger partial charge in [-0.2, -0.15) is 0 Å². The Labute approximate surface area is 197 Å². The highest BCUT2D eigenvalue weighted by Crippen LogP contribution is 2.19. The Morgan fingerprint density at radius 3 is 2.38 bits per heavy atom. The molecule has 2 aromatic heterocycles. The van der Waals surface area contributed by atoms with E-state index < -0.39 is 22.7 Å². The SMILES string of the molecule is Cc1cccc(CN2CCC(CNC(=O)c3cc(=O)n(C)c4c3c(=O)n(C)c(=O)n4C)CC2)c1. The number of hydrogen-bond donors (Lipinski definition) is 1. The first-order chi connectivity index (χ1) is 16.2. The molecule has 180 valence electrons. The minimum absolute atomic E-state index is 0.00573. The average Bonchev–Trinajstić information content (AvgIpc) is 2.82. The van der Waals surface area contributed by atoms with Crippen LogP contribution in [-0.4, -0.2) is 44.1 Å². The summed E-state index contributed by atoms with van der Waals surface area (Å²) in [6, 6.07) is 9.71. The lowest BCUT2D eigenvalue weighted by Gasteiger charge is -2.32. The van der Waals surface area contributed by atoms with Crippen LogP contribution in [0, 0.1) is 12.8 Å². The van der Waals surface area contributed by atoms with Gasteiger partial charge in [0.1, 0.15) is 5.65 Å². The smallest absolute Gasteiger partial charge is 0.332 e. The number of likely N-dealkylation sites (tertiary alicyclic amines) is 1. The van der Waals surface area contributed by atoms with E-state index in [1.807, 2.05) is 0 Å². The monoisotopic (exact) mass is 465 g/mol. The average molecular weight is 466 g/mol. The zero-order valence-corrected chi connectivity index (χ0v) is 20.1. The van der Waals surface area contributed by atoms with Crippen molar-refractivity contribution in [1.29, 1.82) is 0 Å². The molecule has 34 heavy (non-hydrogen) atoms. The maximum absolute atomic E-state index is 13.1. The number of pyridine rings is 1. The maximum atomic E-state index is 13.1. The Hall–Kier alpha value is -3.46. The summed E-state index contributed by atoms with van der Waals surface area (Å²) in [6.45, 7) is 5.39. The number of rotatable bonds is 5. The number of aromatic nitrogens is 3. The zero-order chi connectivity index (χ0) is 24.6. The van der Waals surface area contributed by atoms with Crippen LogP contribution in [0.25, 0.3) is 11.0 Å². The molecule has 9 nitrogen and oxygen atoms in total. The van der Waals surface area contributed by atoms with Gasteiger partial charge in [-0.3, -0.25) is 33.0 Å². The number of hydrogen-bond acceptors (Lipinski definition) is 5. The molecule has 0 aliphatic carbocycles. The van der Waals surface area contributed by atoms with E-state index in [4.69, 9.17) is 0 Å². The van der Waals surface area contributed by atoms with E-state index >= 15 is 0 Å². The van der Waals surface area contributed by atoms with E-state index in [2.05, 4.69) is 41.4 Å². The minimum atomic E-state index is -0.594. The van der Waals surface area contributed by atoms with Crippen molar-refractivity contribution in [2.45, 2.75) is 26.3 Å². The van der Waals surface area contributed by atoms with E-state index in [-0.39, 0.29) is 16.6 Å². The van der Waals surface area contributed by atoms with Crippen LogP contribution in [0.2, 0.25) is 0 Å². The molecule has 0 spiro atoms. The lowest BCUT2D eigenvalue weighted by Crippen LogP contribution is -2.42. The number of piperidine rings is 1. The van der Waals surface area contributed by atoms with Crippen molar-refractivity contribution >= 4 is 16.9 Å². The highest BCUT2D eigenvalue weighted by atomic mass is 16.2. The second kappa shape index (κ2) is 9.42. The summed E-state index contributed by atoms with van der Waals surface area (Å²) in [5.41, 5.74) is 1.10. The summed E-state index contributed by atoms with van der Waals surface area (Å²) in [6.07, 6.45) is 1.92. The van der Waals surface area contributed by atoms with Crippen molar-refractivity contribution in [3.05, 3.63) is 78.2 Å². The van der Waals surface area contributed by atoms with E-state index in [0.717, 1.165) is 37.0 Å². The molecule has 1 aromatic carbocycles. The fourth-order valence-corrected chi connectivity index (χ4v) is 4.79. The van der Waals surface area contributed by atoms with Gasteiger partial charge in [0.05, 0.1) is 10.9 Å². The molecule has 0 radical (unpaired) electrons. The number of carbonyl (C=O) groups is 1. The van der Waals surface area contributed by atoms with Crippen LogP contribution in [0.3, 0.4) is 0 Å². The highest BCUT2D eigenvalue weighted by molar-refractivity contribution is 6.05. The van der Waals surface area contributed by atoms with Gasteiger partial charge >= 0.3 is 5.69 Å². The van der Waals surface area contributed by atoms with Crippen molar-refractivity contribution in [1.82, 2.24) is 23.9 Å². The predicted octanol–water partition coefficient (Wildman–Crippen LogP) is 0.886. The van der Waals surface area contributed by atoms with E-state index in [9.17, 15) is 19.2 Å². The molecule has 0 unspecified atom stereocenters. The summed E-state index contributed by atoms with van der Waals surface area (Å²) >= 11 is 0. The van der Waals surface area contributed by atoms with Crippen molar-refractivity contribution < 1.29 is 4.79 Å². The Bertz CT molecular complexity index is 1420. The molecule has 3 aromatic rings. The summed E-state index contributed by atoms with van der Waals surface area (Å²) in [4.78, 5) is 53.2. The quantitative estimate of drug-likeness (QED) is 0.603. The predicted molar refractivity (Wildman–Crippen MR) is 131 cm³/mol.